The monoisotopic (exact) mass is 325 g/mol. The van der Waals surface area contributed by atoms with Crippen molar-refractivity contribution in [3.8, 4) is 22.3 Å². The normalized spacial score (nSPS) is 11.4. The largest absolute Gasteiger partial charge is 0.346 e. The van der Waals surface area contributed by atoms with Gasteiger partial charge in [0.2, 0.25) is 0 Å². The summed E-state index contributed by atoms with van der Waals surface area (Å²) >= 11 is 0. The molecular weight excluding hydrogens is 310 g/mol. The molecule has 120 valence electrons. The molecule has 4 heterocycles. The van der Waals surface area contributed by atoms with E-state index >= 15 is 0 Å². The lowest BCUT2D eigenvalue weighted by molar-refractivity contribution is 0.768. The van der Waals surface area contributed by atoms with Gasteiger partial charge >= 0.3 is 0 Å². The molecule has 1 aromatic carbocycles. The Morgan fingerprint density at radius 1 is 0.960 bits per heavy atom. The highest BCUT2D eigenvalue weighted by Crippen LogP contribution is 2.32. The van der Waals surface area contributed by atoms with Crippen LogP contribution in [-0.4, -0.2) is 24.7 Å². The number of benzene rings is 1. The summed E-state index contributed by atoms with van der Waals surface area (Å²) in [5.74, 6) is 0. The van der Waals surface area contributed by atoms with Crippen LogP contribution in [0.5, 0.6) is 0 Å². The number of aromatic amines is 1. The van der Waals surface area contributed by atoms with Crippen LogP contribution in [0.4, 0.5) is 0 Å². The quantitative estimate of drug-likeness (QED) is 0.530. The van der Waals surface area contributed by atoms with Crippen molar-refractivity contribution in [3.63, 3.8) is 0 Å². The number of nitrogens with one attached hydrogen (secondary N) is 1. The van der Waals surface area contributed by atoms with E-state index in [0.29, 0.717) is 0 Å². The van der Waals surface area contributed by atoms with Crippen molar-refractivity contribution in [2.75, 3.05) is 0 Å². The first-order valence-electron chi connectivity index (χ1n) is 8.09. The van der Waals surface area contributed by atoms with Crippen LogP contribution in [0, 0.1) is 0 Å². The molecule has 25 heavy (non-hydrogen) atoms. The molecule has 0 spiro atoms. The van der Waals surface area contributed by atoms with Crippen LogP contribution in [0.3, 0.4) is 0 Å². The number of aryl methyl sites for hydroxylation is 1. The minimum atomic E-state index is 0.883. The van der Waals surface area contributed by atoms with Gasteiger partial charge in [-0.1, -0.05) is 12.1 Å². The molecule has 0 saturated heterocycles. The Balaban J connectivity index is 1.69. The van der Waals surface area contributed by atoms with Crippen molar-refractivity contribution in [3.05, 3.63) is 67.4 Å². The molecule has 0 aliphatic carbocycles. The minimum absolute atomic E-state index is 0.883. The molecule has 0 fully saturated rings. The van der Waals surface area contributed by atoms with Gasteiger partial charge < -0.3 is 4.98 Å². The fraction of sp³-hybridized carbons (Fsp3) is 0.0500. The Labute approximate surface area is 144 Å². The van der Waals surface area contributed by atoms with Crippen LogP contribution >= 0.6 is 0 Å². The van der Waals surface area contributed by atoms with E-state index in [1.165, 1.54) is 0 Å². The summed E-state index contributed by atoms with van der Waals surface area (Å²) in [6.45, 7) is 0. The summed E-state index contributed by atoms with van der Waals surface area (Å²) in [6.07, 6.45) is 9.57. The van der Waals surface area contributed by atoms with Crippen LogP contribution in [-0.2, 0) is 7.05 Å². The van der Waals surface area contributed by atoms with Crippen molar-refractivity contribution >= 4 is 21.9 Å². The molecule has 5 heteroatoms. The van der Waals surface area contributed by atoms with Gasteiger partial charge in [0.25, 0.3) is 0 Å². The van der Waals surface area contributed by atoms with E-state index in [1.807, 2.05) is 44.1 Å². The third-order valence-electron chi connectivity index (χ3n) is 4.48. The van der Waals surface area contributed by atoms with E-state index in [0.717, 1.165) is 44.2 Å². The summed E-state index contributed by atoms with van der Waals surface area (Å²) < 4.78 is 1.80. The second kappa shape index (κ2) is 5.27. The lowest BCUT2D eigenvalue weighted by Crippen LogP contribution is -1.84. The third-order valence-corrected chi connectivity index (χ3v) is 4.48. The molecule has 0 unspecified atom stereocenters. The molecule has 0 bridgehead atoms. The average molecular weight is 325 g/mol. The molecule has 5 aromatic rings. The Morgan fingerprint density at radius 2 is 1.92 bits per heavy atom. The smallest absolute Gasteiger partial charge is 0.137 e. The van der Waals surface area contributed by atoms with Crippen LogP contribution in [0.1, 0.15) is 0 Å². The Morgan fingerprint density at radius 3 is 2.80 bits per heavy atom. The van der Waals surface area contributed by atoms with E-state index in [9.17, 15) is 0 Å². The Hall–Kier alpha value is -3.47. The maximum atomic E-state index is 4.57. The first kappa shape index (κ1) is 13.9. The van der Waals surface area contributed by atoms with E-state index in [4.69, 9.17) is 0 Å². The molecule has 0 aliphatic heterocycles. The first-order chi connectivity index (χ1) is 12.3. The predicted molar refractivity (Wildman–Crippen MR) is 99.0 cm³/mol. The van der Waals surface area contributed by atoms with Gasteiger partial charge in [0.15, 0.2) is 0 Å². The second-order valence-electron chi connectivity index (χ2n) is 6.14. The maximum Gasteiger partial charge on any atom is 0.137 e. The first-order valence-corrected chi connectivity index (χ1v) is 8.09. The van der Waals surface area contributed by atoms with Crippen LogP contribution < -0.4 is 0 Å². The highest BCUT2D eigenvalue weighted by atomic mass is 15.2. The van der Waals surface area contributed by atoms with E-state index in [2.05, 4.69) is 50.4 Å². The van der Waals surface area contributed by atoms with Crippen molar-refractivity contribution < 1.29 is 0 Å². The minimum Gasteiger partial charge on any atom is -0.346 e. The zero-order valence-corrected chi connectivity index (χ0v) is 13.6. The zero-order chi connectivity index (χ0) is 16.8. The number of H-pyrrole nitrogens is 1. The number of fused-ring (bicyclic) bond motifs is 2. The highest BCUT2D eigenvalue weighted by Gasteiger charge is 2.10. The van der Waals surface area contributed by atoms with Gasteiger partial charge in [-0.3, -0.25) is 9.67 Å². The van der Waals surface area contributed by atoms with Gasteiger partial charge in [0.1, 0.15) is 5.65 Å². The number of pyridine rings is 2. The molecule has 0 saturated carbocycles. The van der Waals surface area contributed by atoms with Gasteiger partial charge in [-0.05, 0) is 29.8 Å². The van der Waals surface area contributed by atoms with E-state index in [1.54, 1.807) is 4.68 Å². The topological polar surface area (TPSA) is 59.4 Å². The molecule has 0 amide bonds. The van der Waals surface area contributed by atoms with Crippen LogP contribution in [0.25, 0.3) is 44.2 Å². The fourth-order valence-electron chi connectivity index (χ4n) is 3.21. The third kappa shape index (κ3) is 2.29. The average Bonchev–Trinajstić information content (AvgIpc) is 3.27. The summed E-state index contributed by atoms with van der Waals surface area (Å²) in [7, 11) is 1.92. The van der Waals surface area contributed by atoms with Gasteiger partial charge in [-0.15, -0.1) is 0 Å². The second-order valence-corrected chi connectivity index (χ2v) is 6.14. The summed E-state index contributed by atoms with van der Waals surface area (Å²) in [4.78, 5) is 12.2. The number of hydrogen-bond acceptors (Lipinski definition) is 3. The number of hydrogen-bond donors (Lipinski definition) is 1. The lowest BCUT2D eigenvalue weighted by atomic mass is 10.0. The van der Waals surface area contributed by atoms with Crippen LogP contribution in [0.2, 0.25) is 0 Å². The summed E-state index contributed by atoms with van der Waals surface area (Å²) in [6, 6.07) is 12.5. The van der Waals surface area contributed by atoms with E-state index in [-0.39, 0.29) is 0 Å². The standard InChI is InChI=1S/C20H15N5/c1-25-12-16(10-24-25)15-8-17-18(11-23-20(17)22-9-15)13-4-5-19-14(7-13)3-2-6-21-19/h2-12H,1H3,(H,22,23). The number of nitrogens with zero attached hydrogens (tertiary/aromatic N) is 4. The van der Waals surface area contributed by atoms with Gasteiger partial charge in [0, 0.05) is 59.3 Å². The molecule has 0 radical (unpaired) electrons. The van der Waals surface area contributed by atoms with Crippen molar-refractivity contribution in [1.82, 2.24) is 24.7 Å². The van der Waals surface area contributed by atoms with Gasteiger partial charge in [-0.25, -0.2) is 4.98 Å². The lowest BCUT2D eigenvalue weighted by Gasteiger charge is -2.03. The summed E-state index contributed by atoms with van der Waals surface area (Å²) in [5.41, 5.74) is 6.29. The molecule has 5 nitrogen and oxygen atoms in total. The van der Waals surface area contributed by atoms with Crippen molar-refractivity contribution in [2.45, 2.75) is 0 Å². The SMILES string of the molecule is Cn1cc(-c2cnc3[nH]cc(-c4ccc5ncccc5c4)c3c2)cn1. The number of rotatable bonds is 2. The molecule has 5 rings (SSSR count). The predicted octanol–water partition coefficient (Wildman–Crippen LogP) is 4.18. The van der Waals surface area contributed by atoms with Crippen molar-refractivity contribution in [1.29, 1.82) is 0 Å². The van der Waals surface area contributed by atoms with Gasteiger partial charge in [-0.2, -0.15) is 5.10 Å². The Kier molecular flexibility index (Phi) is 2.94. The number of aromatic nitrogens is 5. The molecule has 0 atom stereocenters. The fourth-order valence-corrected chi connectivity index (χ4v) is 3.21. The maximum absolute atomic E-state index is 4.57. The molecule has 1 N–H and O–H groups in total. The zero-order valence-electron chi connectivity index (χ0n) is 13.6. The van der Waals surface area contributed by atoms with Crippen molar-refractivity contribution in [2.24, 2.45) is 7.05 Å². The van der Waals surface area contributed by atoms with Gasteiger partial charge in [0.05, 0.1) is 11.7 Å². The van der Waals surface area contributed by atoms with Crippen LogP contribution in [0.15, 0.2) is 67.4 Å². The summed E-state index contributed by atoms with van der Waals surface area (Å²) in [5, 5.41) is 6.48. The molecule has 4 aromatic heterocycles. The molecule has 0 aliphatic rings. The Bertz CT molecular complexity index is 1220. The highest BCUT2D eigenvalue weighted by molar-refractivity contribution is 5.97. The molecular formula is C20H15N5. The van der Waals surface area contributed by atoms with E-state index < -0.39 is 0 Å².